The van der Waals surface area contributed by atoms with Crippen molar-refractivity contribution in [3.05, 3.63) is 0 Å². The van der Waals surface area contributed by atoms with E-state index in [0.717, 1.165) is 23.7 Å². The van der Waals surface area contributed by atoms with Gasteiger partial charge in [-0.3, -0.25) is 0 Å². The van der Waals surface area contributed by atoms with Crippen molar-refractivity contribution in [2.45, 2.75) is 136 Å². The predicted octanol–water partition coefficient (Wildman–Crippen LogP) is 8.93. The molecule has 2 fully saturated rings. The molecule has 0 nitrogen and oxygen atoms in total. The van der Waals surface area contributed by atoms with E-state index >= 15 is 0 Å². The van der Waals surface area contributed by atoms with Gasteiger partial charge < -0.3 is 0 Å². The smallest absolute Gasteiger partial charge is 0.0386 e. The van der Waals surface area contributed by atoms with E-state index in [1.54, 1.807) is 57.8 Å². The molecule has 0 unspecified atom stereocenters. The Morgan fingerprint density at radius 2 is 0.840 bits per heavy atom. The van der Waals surface area contributed by atoms with Gasteiger partial charge in [0.05, 0.1) is 0 Å². The largest absolute Gasteiger partial charge is 0.0654 e. The van der Waals surface area contributed by atoms with Gasteiger partial charge in [0.2, 0.25) is 0 Å². The molecule has 0 heteroatoms. The van der Waals surface area contributed by atoms with Crippen molar-refractivity contribution in [2.24, 2.45) is 23.7 Å². The minimum atomic E-state index is 1.09. The van der Waals surface area contributed by atoms with Crippen LogP contribution in [0.2, 0.25) is 0 Å². The van der Waals surface area contributed by atoms with Crippen molar-refractivity contribution in [3.8, 4) is 0 Å². The van der Waals surface area contributed by atoms with Crippen molar-refractivity contribution < 1.29 is 0 Å². The number of unbranched alkanes of at least 4 members (excludes halogenated alkanes) is 7. The Kier molecular flexibility index (Phi) is 11.3. The number of hydrogen-bond donors (Lipinski definition) is 0. The predicted molar refractivity (Wildman–Crippen MR) is 113 cm³/mol. The van der Waals surface area contributed by atoms with E-state index in [2.05, 4.69) is 13.8 Å². The second kappa shape index (κ2) is 13.2. The maximum Gasteiger partial charge on any atom is -0.0386 e. The second-order valence-corrected chi connectivity index (χ2v) is 9.61. The van der Waals surface area contributed by atoms with Gasteiger partial charge in [0.25, 0.3) is 0 Å². The zero-order valence-corrected chi connectivity index (χ0v) is 17.7. The molecule has 0 heterocycles. The van der Waals surface area contributed by atoms with Crippen LogP contribution in [-0.4, -0.2) is 0 Å². The van der Waals surface area contributed by atoms with Crippen LogP contribution in [0.4, 0.5) is 0 Å². The molecule has 0 radical (unpaired) electrons. The first-order valence-electron chi connectivity index (χ1n) is 12.3. The summed E-state index contributed by atoms with van der Waals surface area (Å²) >= 11 is 0. The minimum absolute atomic E-state index is 1.09. The van der Waals surface area contributed by atoms with Crippen LogP contribution in [0.15, 0.2) is 0 Å². The summed E-state index contributed by atoms with van der Waals surface area (Å²) in [5, 5.41) is 0. The van der Waals surface area contributed by atoms with E-state index in [1.165, 1.54) is 64.2 Å². The van der Waals surface area contributed by atoms with E-state index in [1.807, 2.05) is 0 Å². The Bertz CT molecular complexity index is 291. The molecule has 0 spiro atoms. The Labute approximate surface area is 159 Å². The molecule has 0 saturated heterocycles. The van der Waals surface area contributed by atoms with E-state index in [0.29, 0.717) is 0 Å². The maximum absolute atomic E-state index is 2.34. The molecule has 0 amide bonds. The molecule has 2 rings (SSSR count). The molecular weight excluding hydrogens is 300 g/mol. The third-order valence-corrected chi connectivity index (χ3v) is 7.63. The molecule has 0 aromatic carbocycles. The van der Waals surface area contributed by atoms with Crippen molar-refractivity contribution in [3.63, 3.8) is 0 Å². The first-order chi connectivity index (χ1) is 12.3. The summed E-state index contributed by atoms with van der Waals surface area (Å²) in [5.41, 5.74) is 0. The van der Waals surface area contributed by atoms with Gasteiger partial charge in [-0.2, -0.15) is 0 Å². The minimum Gasteiger partial charge on any atom is -0.0654 e. The SMILES string of the molecule is CCCCCCCCC[C@H]1CC[C@H]([C@H]2CC[C@H](CCCC)CC2)CC1. The molecule has 0 aromatic rings. The van der Waals surface area contributed by atoms with Crippen LogP contribution in [0.3, 0.4) is 0 Å². The summed E-state index contributed by atoms with van der Waals surface area (Å²) in [7, 11) is 0. The van der Waals surface area contributed by atoms with Crippen molar-refractivity contribution >= 4 is 0 Å². The third-order valence-electron chi connectivity index (χ3n) is 7.63. The Morgan fingerprint density at radius 1 is 0.440 bits per heavy atom. The lowest BCUT2D eigenvalue weighted by Gasteiger charge is -2.38. The molecule has 0 aliphatic heterocycles. The monoisotopic (exact) mass is 348 g/mol. The van der Waals surface area contributed by atoms with Crippen LogP contribution in [0, 0.1) is 23.7 Å². The Hall–Kier alpha value is 0. The highest BCUT2D eigenvalue weighted by Crippen LogP contribution is 2.43. The topological polar surface area (TPSA) is 0 Å². The van der Waals surface area contributed by atoms with Crippen molar-refractivity contribution in [1.29, 1.82) is 0 Å². The van der Waals surface area contributed by atoms with Gasteiger partial charge in [0.1, 0.15) is 0 Å². The summed E-state index contributed by atoms with van der Waals surface area (Å²) in [6.07, 6.45) is 28.8. The molecule has 2 aliphatic rings. The maximum atomic E-state index is 2.34. The zero-order valence-electron chi connectivity index (χ0n) is 17.7. The van der Waals surface area contributed by atoms with Gasteiger partial charge >= 0.3 is 0 Å². The Balaban J connectivity index is 1.49. The lowest BCUT2D eigenvalue weighted by Crippen LogP contribution is -2.25. The quantitative estimate of drug-likeness (QED) is 0.309. The molecule has 148 valence electrons. The molecule has 2 aliphatic carbocycles. The van der Waals surface area contributed by atoms with Crippen molar-refractivity contribution in [1.82, 2.24) is 0 Å². The lowest BCUT2D eigenvalue weighted by atomic mass is 9.68. The standard InChI is InChI=1S/C25H48/c1-3-5-7-8-9-10-11-13-23-16-20-25(21-17-23)24-18-14-22(15-19-24)12-6-4-2/h22-25H,3-21H2,1-2H3/t22-,23-,24-,25-. The first kappa shape index (κ1) is 21.3. The normalized spacial score (nSPS) is 30.5. The zero-order chi connectivity index (χ0) is 17.7. The van der Waals surface area contributed by atoms with E-state index in [-0.39, 0.29) is 0 Å². The van der Waals surface area contributed by atoms with Gasteiger partial charge in [-0.05, 0) is 49.4 Å². The summed E-state index contributed by atoms with van der Waals surface area (Å²) in [6, 6.07) is 0. The highest BCUT2D eigenvalue weighted by molar-refractivity contribution is 4.82. The molecule has 0 bridgehead atoms. The fraction of sp³-hybridized carbons (Fsp3) is 1.00. The molecule has 0 N–H and O–H groups in total. The van der Waals surface area contributed by atoms with Gasteiger partial charge in [-0.15, -0.1) is 0 Å². The average Bonchev–Trinajstić information content (AvgIpc) is 2.66. The molecular formula is C25H48. The molecule has 2 saturated carbocycles. The third kappa shape index (κ3) is 8.49. The highest BCUT2D eigenvalue weighted by atomic mass is 14.4. The summed E-state index contributed by atoms with van der Waals surface area (Å²) in [6.45, 7) is 4.66. The van der Waals surface area contributed by atoms with Crippen LogP contribution < -0.4 is 0 Å². The fourth-order valence-corrected chi connectivity index (χ4v) is 5.78. The molecule has 0 atom stereocenters. The van der Waals surface area contributed by atoms with Gasteiger partial charge in [0.15, 0.2) is 0 Å². The van der Waals surface area contributed by atoms with E-state index in [4.69, 9.17) is 0 Å². The lowest BCUT2D eigenvalue weighted by molar-refractivity contribution is 0.139. The van der Waals surface area contributed by atoms with Gasteiger partial charge in [0, 0.05) is 0 Å². The van der Waals surface area contributed by atoms with Crippen molar-refractivity contribution in [2.75, 3.05) is 0 Å². The van der Waals surface area contributed by atoms with Crippen LogP contribution >= 0.6 is 0 Å². The highest BCUT2D eigenvalue weighted by Gasteiger charge is 2.30. The van der Waals surface area contributed by atoms with Crippen LogP contribution in [0.25, 0.3) is 0 Å². The average molecular weight is 349 g/mol. The first-order valence-corrected chi connectivity index (χ1v) is 12.3. The van der Waals surface area contributed by atoms with Crippen LogP contribution in [0.1, 0.15) is 136 Å². The number of hydrogen-bond acceptors (Lipinski definition) is 0. The number of rotatable bonds is 12. The fourth-order valence-electron chi connectivity index (χ4n) is 5.78. The summed E-state index contributed by atoms with van der Waals surface area (Å²) in [4.78, 5) is 0. The van der Waals surface area contributed by atoms with E-state index < -0.39 is 0 Å². The van der Waals surface area contributed by atoms with Crippen LogP contribution in [-0.2, 0) is 0 Å². The van der Waals surface area contributed by atoms with E-state index in [9.17, 15) is 0 Å². The second-order valence-electron chi connectivity index (χ2n) is 9.61. The summed E-state index contributed by atoms with van der Waals surface area (Å²) < 4.78 is 0. The van der Waals surface area contributed by atoms with Gasteiger partial charge in [-0.1, -0.05) is 110 Å². The van der Waals surface area contributed by atoms with Crippen LogP contribution in [0.5, 0.6) is 0 Å². The molecule has 0 aromatic heterocycles. The Morgan fingerprint density at radius 3 is 1.32 bits per heavy atom. The van der Waals surface area contributed by atoms with Gasteiger partial charge in [-0.25, -0.2) is 0 Å². The summed E-state index contributed by atoms with van der Waals surface area (Å²) in [5.74, 6) is 4.40. The molecule has 25 heavy (non-hydrogen) atoms.